The maximum absolute atomic E-state index is 12.4. The molecule has 21 heavy (non-hydrogen) atoms. The van der Waals surface area contributed by atoms with Gasteiger partial charge in [0.1, 0.15) is 4.90 Å². The number of rotatable bonds is 10. The standard InChI is InChI=1S/C16H28N2O2S/c1-4-12-17-15-10-5-6-11-16(15)21(19,20)18-13-8-7-9-14(2)3/h5-6,10-11,14,17-18H,4,7-9,12-13H2,1-3H3. The zero-order valence-electron chi connectivity index (χ0n) is 13.4. The van der Waals surface area contributed by atoms with Crippen molar-refractivity contribution in [3.63, 3.8) is 0 Å². The fourth-order valence-electron chi connectivity index (χ4n) is 2.07. The summed E-state index contributed by atoms with van der Waals surface area (Å²) in [5, 5.41) is 3.17. The van der Waals surface area contributed by atoms with Gasteiger partial charge in [-0.1, -0.05) is 45.7 Å². The lowest BCUT2D eigenvalue weighted by Crippen LogP contribution is -2.25. The molecule has 0 saturated heterocycles. The van der Waals surface area contributed by atoms with E-state index in [0.29, 0.717) is 23.0 Å². The molecule has 0 spiro atoms. The second kappa shape index (κ2) is 9.05. The highest BCUT2D eigenvalue weighted by atomic mass is 32.2. The third-order valence-corrected chi connectivity index (χ3v) is 4.76. The summed E-state index contributed by atoms with van der Waals surface area (Å²) in [5.41, 5.74) is 0.675. The minimum absolute atomic E-state index is 0.335. The molecule has 0 amide bonds. The molecular formula is C16H28N2O2S. The maximum Gasteiger partial charge on any atom is 0.242 e. The van der Waals surface area contributed by atoms with Crippen LogP contribution in [-0.4, -0.2) is 21.5 Å². The number of sulfonamides is 1. The fourth-order valence-corrected chi connectivity index (χ4v) is 3.32. The summed E-state index contributed by atoms with van der Waals surface area (Å²) in [6.07, 6.45) is 4.02. The lowest BCUT2D eigenvalue weighted by molar-refractivity contribution is 0.530. The van der Waals surface area contributed by atoms with Crippen molar-refractivity contribution in [1.29, 1.82) is 0 Å². The number of anilines is 1. The first kappa shape index (κ1) is 18.0. The van der Waals surface area contributed by atoms with Crippen LogP contribution < -0.4 is 10.0 Å². The van der Waals surface area contributed by atoms with Crippen LogP contribution in [0, 0.1) is 5.92 Å². The Morgan fingerprint density at radius 1 is 1.10 bits per heavy atom. The van der Waals surface area contributed by atoms with Gasteiger partial charge in [0.2, 0.25) is 10.0 Å². The van der Waals surface area contributed by atoms with Gasteiger partial charge in [-0.15, -0.1) is 0 Å². The molecule has 4 nitrogen and oxygen atoms in total. The molecular weight excluding hydrogens is 284 g/mol. The van der Waals surface area contributed by atoms with E-state index in [1.165, 1.54) is 0 Å². The second-order valence-corrected chi connectivity index (χ2v) is 7.45. The van der Waals surface area contributed by atoms with Gasteiger partial charge in [-0.3, -0.25) is 0 Å². The molecule has 1 rings (SSSR count). The SMILES string of the molecule is CCCNc1ccccc1S(=O)(=O)NCCCCC(C)C. The van der Waals surface area contributed by atoms with Crippen molar-refractivity contribution in [1.82, 2.24) is 4.72 Å². The molecule has 5 heteroatoms. The molecule has 0 aliphatic carbocycles. The number of benzene rings is 1. The summed E-state index contributed by atoms with van der Waals surface area (Å²) in [6.45, 7) is 7.68. The molecule has 120 valence electrons. The molecule has 0 aliphatic heterocycles. The molecule has 1 aromatic carbocycles. The van der Waals surface area contributed by atoms with E-state index >= 15 is 0 Å². The predicted octanol–water partition coefficient (Wildman–Crippen LogP) is 3.61. The summed E-state index contributed by atoms with van der Waals surface area (Å²) in [6, 6.07) is 7.06. The Bertz CT molecular complexity index is 513. The normalized spacial score (nSPS) is 11.8. The Kier molecular flexibility index (Phi) is 7.75. The third-order valence-electron chi connectivity index (χ3n) is 3.24. The van der Waals surface area contributed by atoms with Crippen LogP contribution in [0.3, 0.4) is 0 Å². The van der Waals surface area contributed by atoms with E-state index in [-0.39, 0.29) is 0 Å². The van der Waals surface area contributed by atoms with Crippen LogP contribution in [0.2, 0.25) is 0 Å². The van der Waals surface area contributed by atoms with Gasteiger partial charge in [-0.2, -0.15) is 0 Å². The molecule has 0 radical (unpaired) electrons. The van der Waals surface area contributed by atoms with Gasteiger partial charge in [0, 0.05) is 13.1 Å². The average Bonchev–Trinajstić information content (AvgIpc) is 2.44. The number of unbranched alkanes of at least 4 members (excludes halogenated alkanes) is 1. The number of hydrogen-bond acceptors (Lipinski definition) is 3. The van der Waals surface area contributed by atoms with Gasteiger partial charge in [0.15, 0.2) is 0 Å². The maximum atomic E-state index is 12.4. The first-order chi connectivity index (χ1) is 9.97. The predicted molar refractivity (Wildman–Crippen MR) is 89.1 cm³/mol. The van der Waals surface area contributed by atoms with Crippen LogP contribution in [0.4, 0.5) is 5.69 Å². The third kappa shape index (κ3) is 6.48. The van der Waals surface area contributed by atoms with Crippen molar-refractivity contribution < 1.29 is 8.42 Å². The highest BCUT2D eigenvalue weighted by Gasteiger charge is 2.17. The minimum atomic E-state index is -3.43. The average molecular weight is 312 g/mol. The topological polar surface area (TPSA) is 58.2 Å². The number of nitrogens with one attached hydrogen (secondary N) is 2. The number of hydrogen-bond donors (Lipinski definition) is 2. The van der Waals surface area contributed by atoms with E-state index in [2.05, 4.69) is 30.8 Å². The van der Waals surface area contributed by atoms with Crippen LogP contribution in [0.15, 0.2) is 29.2 Å². The summed E-state index contributed by atoms with van der Waals surface area (Å²) in [5.74, 6) is 0.667. The Balaban J connectivity index is 2.61. The monoisotopic (exact) mass is 312 g/mol. The highest BCUT2D eigenvalue weighted by Crippen LogP contribution is 2.20. The van der Waals surface area contributed by atoms with Gasteiger partial charge < -0.3 is 5.32 Å². The van der Waals surface area contributed by atoms with E-state index in [1.54, 1.807) is 12.1 Å². The molecule has 0 aliphatic rings. The molecule has 0 fully saturated rings. The largest absolute Gasteiger partial charge is 0.384 e. The highest BCUT2D eigenvalue weighted by molar-refractivity contribution is 7.89. The van der Waals surface area contributed by atoms with Crippen molar-refractivity contribution in [2.45, 2.75) is 51.3 Å². The molecule has 0 heterocycles. The fraction of sp³-hybridized carbons (Fsp3) is 0.625. The van der Waals surface area contributed by atoms with Crippen molar-refractivity contribution in [3.05, 3.63) is 24.3 Å². The van der Waals surface area contributed by atoms with Crippen LogP contribution in [0.1, 0.15) is 46.5 Å². The van der Waals surface area contributed by atoms with E-state index in [9.17, 15) is 8.42 Å². The first-order valence-corrected chi connectivity index (χ1v) is 9.28. The summed E-state index contributed by atoms with van der Waals surface area (Å²) >= 11 is 0. The van der Waals surface area contributed by atoms with Gasteiger partial charge >= 0.3 is 0 Å². The summed E-state index contributed by atoms with van der Waals surface area (Å²) < 4.78 is 27.4. The Morgan fingerprint density at radius 2 is 1.81 bits per heavy atom. The Hall–Kier alpha value is -1.07. The molecule has 0 unspecified atom stereocenters. The Labute approximate surface area is 129 Å². The van der Waals surface area contributed by atoms with Gasteiger partial charge in [-0.05, 0) is 30.9 Å². The van der Waals surface area contributed by atoms with Crippen LogP contribution in [-0.2, 0) is 10.0 Å². The van der Waals surface area contributed by atoms with Crippen molar-refractivity contribution in [2.24, 2.45) is 5.92 Å². The zero-order chi connectivity index (χ0) is 15.7. The second-order valence-electron chi connectivity index (χ2n) is 5.71. The molecule has 1 aromatic rings. The molecule has 0 aromatic heterocycles. The van der Waals surface area contributed by atoms with E-state index in [1.807, 2.05) is 12.1 Å². The van der Waals surface area contributed by atoms with Crippen LogP contribution in [0.25, 0.3) is 0 Å². The zero-order valence-corrected chi connectivity index (χ0v) is 14.2. The molecule has 0 bridgehead atoms. The minimum Gasteiger partial charge on any atom is -0.384 e. The van der Waals surface area contributed by atoms with Gasteiger partial charge in [0.25, 0.3) is 0 Å². The quantitative estimate of drug-likeness (QED) is 0.649. The Morgan fingerprint density at radius 3 is 2.48 bits per heavy atom. The van der Waals surface area contributed by atoms with Crippen LogP contribution in [0.5, 0.6) is 0 Å². The smallest absolute Gasteiger partial charge is 0.242 e. The van der Waals surface area contributed by atoms with Crippen molar-refractivity contribution in [3.8, 4) is 0 Å². The molecule has 0 saturated carbocycles. The van der Waals surface area contributed by atoms with Crippen LogP contribution >= 0.6 is 0 Å². The lowest BCUT2D eigenvalue weighted by atomic mass is 10.1. The summed E-state index contributed by atoms with van der Waals surface area (Å²) in [4.78, 5) is 0.335. The first-order valence-electron chi connectivity index (χ1n) is 7.80. The summed E-state index contributed by atoms with van der Waals surface area (Å²) in [7, 11) is -3.43. The van der Waals surface area contributed by atoms with Crippen molar-refractivity contribution >= 4 is 15.7 Å². The number of para-hydroxylation sites is 1. The lowest BCUT2D eigenvalue weighted by Gasteiger charge is -2.13. The van der Waals surface area contributed by atoms with E-state index < -0.39 is 10.0 Å². The molecule has 2 N–H and O–H groups in total. The van der Waals surface area contributed by atoms with Gasteiger partial charge in [-0.25, -0.2) is 13.1 Å². The van der Waals surface area contributed by atoms with Gasteiger partial charge in [0.05, 0.1) is 5.69 Å². The van der Waals surface area contributed by atoms with E-state index in [0.717, 1.165) is 32.2 Å². The van der Waals surface area contributed by atoms with Crippen molar-refractivity contribution in [2.75, 3.05) is 18.4 Å². The molecule has 0 atom stereocenters. The van der Waals surface area contributed by atoms with E-state index in [4.69, 9.17) is 0 Å².